The summed E-state index contributed by atoms with van der Waals surface area (Å²) in [6.45, 7) is 1.10. The van der Waals surface area contributed by atoms with Gasteiger partial charge in [-0.2, -0.15) is 5.10 Å². The van der Waals surface area contributed by atoms with Crippen LogP contribution in [0.3, 0.4) is 0 Å². The number of para-hydroxylation sites is 1. The summed E-state index contributed by atoms with van der Waals surface area (Å²) in [6, 6.07) is 7.84. The Hall–Kier alpha value is -2.39. The molecule has 2 N–H and O–H groups in total. The van der Waals surface area contributed by atoms with Crippen LogP contribution in [0.25, 0.3) is 11.3 Å². The molecule has 1 amide bonds. The minimum Gasteiger partial charge on any atom is -0.507 e. The van der Waals surface area contributed by atoms with Crippen molar-refractivity contribution in [1.29, 1.82) is 0 Å². The van der Waals surface area contributed by atoms with Gasteiger partial charge in [0.2, 0.25) is 0 Å². The van der Waals surface area contributed by atoms with E-state index in [9.17, 15) is 18.3 Å². The highest BCUT2D eigenvalue weighted by Gasteiger charge is 2.47. The van der Waals surface area contributed by atoms with Gasteiger partial charge in [-0.1, -0.05) is 12.1 Å². The topological polar surface area (TPSA) is 107 Å². The van der Waals surface area contributed by atoms with Crippen LogP contribution in [0.4, 0.5) is 0 Å². The average Bonchev–Trinajstić information content (AvgIpc) is 3.19. The van der Waals surface area contributed by atoms with Gasteiger partial charge in [0.15, 0.2) is 9.84 Å². The Morgan fingerprint density at radius 3 is 2.73 bits per heavy atom. The number of nitrogens with one attached hydrogen (secondary N) is 1. The lowest BCUT2D eigenvalue weighted by molar-refractivity contribution is 0.0404. The van der Waals surface area contributed by atoms with Crippen LogP contribution in [0, 0.1) is 0 Å². The first-order chi connectivity index (χ1) is 12.4. The van der Waals surface area contributed by atoms with Crippen LogP contribution < -0.4 is 0 Å². The lowest BCUT2D eigenvalue weighted by atomic mass is 10.0. The fourth-order valence-electron chi connectivity index (χ4n) is 3.79. The number of benzene rings is 1. The van der Waals surface area contributed by atoms with E-state index in [0.717, 1.165) is 0 Å². The van der Waals surface area contributed by atoms with E-state index in [4.69, 9.17) is 0 Å². The van der Waals surface area contributed by atoms with E-state index in [-0.39, 0.29) is 40.9 Å². The molecule has 0 unspecified atom stereocenters. The van der Waals surface area contributed by atoms with Crippen LogP contribution in [0.15, 0.2) is 30.3 Å². The second-order valence-electron chi connectivity index (χ2n) is 6.87. The minimum absolute atomic E-state index is 0.00574. The van der Waals surface area contributed by atoms with Gasteiger partial charge in [0.05, 0.1) is 23.2 Å². The Balaban J connectivity index is 1.61. The number of hydrogen-bond donors (Lipinski definition) is 2. The van der Waals surface area contributed by atoms with E-state index in [0.29, 0.717) is 24.3 Å². The SMILES string of the molecule is CN1CCN(C(=O)c2cc(-c3ccccc3O)n[nH]2)[C@H]2CS(=O)(=O)C[C@H]21. The van der Waals surface area contributed by atoms with Gasteiger partial charge < -0.3 is 10.0 Å². The van der Waals surface area contributed by atoms with E-state index >= 15 is 0 Å². The van der Waals surface area contributed by atoms with Crippen LogP contribution in [0.2, 0.25) is 0 Å². The summed E-state index contributed by atoms with van der Waals surface area (Å²) in [6.07, 6.45) is 0. The molecule has 2 saturated heterocycles. The fraction of sp³-hybridized carbons (Fsp3) is 0.412. The van der Waals surface area contributed by atoms with Gasteiger partial charge in [-0.15, -0.1) is 0 Å². The highest BCUT2D eigenvalue weighted by atomic mass is 32.2. The summed E-state index contributed by atoms with van der Waals surface area (Å²) in [7, 11) is -1.25. The molecule has 1 aromatic carbocycles. The molecule has 2 aromatic rings. The average molecular weight is 376 g/mol. The fourth-order valence-corrected chi connectivity index (χ4v) is 5.85. The molecule has 0 bridgehead atoms. The minimum atomic E-state index is -3.15. The predicted molar refractivity (Wildman–Crippen MR) is 95.6 cm³/mol. The van der Waals surface area contributed by atoms with Crippen molar-refractivity contribution in [1.82, 2.24) is 20.0 Å². The second-order valence-corrected chi connectivity index (χ2v) is 9.03. The standard InChI is InChI=1S/C17H20N4O4S/c1-20-6-7-21(15-10-26(24,25)9-14(15)20)17(23)13-8-12(18-19-13)11-4-2-3-5-16(11)22/h2-5,8,14-15,22H,6-7,9-10H2,1H3,(H,18,19)/t14-,15+/m1/s1. The maximum atomic E-state index is 13.0. The lowest BCUT2D eigenvalue weighted by Crippen LogP contribution is -2.59. The van der Waals surface area contributed by atoms with Gasteiger partial charge in [-0.05, 0) is 25.2 Å². The van der Waals surface area contributed by atoms with E-state index < -0.39 is 9.84 Å². The number of piperazine rings is 1. The van der Waals surface area contributed by atoms with Gasteiger partial charge >= 0.3 is 0 Å². The molecule has 26 heavy (non-hydrogen) atoms. The number of H-pyrrole nitrogens is 1. The first kappa shape index (κ1) is 17.0. The summed E-state index contributed by atoms with van der Waals surface area (Å²) < 4.78 is 24.1. The van der Waals surface area contributed by atoms with Crippen molar-refractivity contribution in [3.05, 3.63) is 36.0 Å². The van der Waals surface area contributed by atoms with E-state index in [1.165, 1.54) is 0 Å². The molecular weight excluding hydrogens is 356 g/mol. The number of aromatic amines is 1. The molecule has 0 saturated carbocycles. The molecule has 2 aliphatic rings. The molecule has 4 rings (SSSR count). The number of fused-ring (bicyclic) bond motifs is 1. The molecule has 2 atom stereocenters. The first-order valence-corrected chi connectivity index (χ1v) is 10.2. The molecule has 0 radical (unpaired) electrons. The zero-order valence-electron chi connectivity index (χ0n) is 14.3. The first-order valence-electron chi connectivity index (χ1n) is 8.41. The van der Waals surface area contributed by atoms with Crippen molar-refractivity contribution in [2.75, 3.05) is 31.6 Å². The maximum absolute atomic E-state index is 13.0. The summed E-state index contributed by atoms with van der Waals surface area (Å²) in [5, 5.41) is 16.8. The highest BCUT2D eigenvalue weighted by molar-refractivity contribution is 7.91. The predicted octanol–water partition coefficient (Wildman–Crippen LogP) is 0.335. The highest BCUT2D eigenvalue weighted by Crippen LogP contribution is 2.29. The number of likely N-dealkylation sites (N-methyl/N-ethyl adjacent to an activating group) is 1. The molecule has 3 heterocycles. The number of amides is 1. The zero-order valence-corrected chi connectivity index (χ0v) is 15.1. The van der Waals surface area contributed by atoms with Gasteiger partial charge in [0.25, 0.3) is 5.91 Å². The molecule has 8 nitrogen and oxygen atoms in total. The lowest BCUT2D eigenvalue weighted by Gasteiger charge is -2.42. The van der Waals surface area contributed by atoms with Crippen molar-refractivity contribution in [2.24, 2.45) is 0 Å². The summed E-state index contributed by atoms with van der Waals surface area (Å²) in [5.74, 6) is -0.0999. The van der Waals surface area contributed by atoms with Crippen molar-refractivity contribution >= 4 is 15.7 Å². The van der Waals surface area contributed by atoms with E-state index in [2.05, 4.69) is 10.2 Å². The van der Waals surface area contributed by atoms with Crippen LogP contribution in [-0.2, 0) is 9.84 Å². The Labute approximate surface area is 151 Å². The van der Waals surface area contributed by atoms with Gasteiger partial charge in [-0.3, -0.25) is 14.8 Å². The number of nitrogens with zero attached hydrogens (tertiary/aromatic N) is 3. The maximum Gasteiger partial charge on any atom is 0.272 e. The molecule has 0 spiro atoms. The number of rotatable bonds is 2. The van der Waals surface area contributed by atoms with Crippen molar-refractivity contribution in [3.63, 3.8) is 0 Å². The number of hydrogen-bond acceptors (Lipinski definition) is 6. The summed E-state index contributed by atoms with van der Waals surface area (Å²) in [4.78, 5) is 16.6. The number of carbonyl (C=O) groups is 1. The van der Waals surface area contributed by atoms with Crippen LogP contribution >= 0.6 is 0 Å². The molecule has 0 aliphatic carbocycles. The van der Waals surface area contributed by atoms with Crippen molar-refractivity contribution < 1.29 is 18.3 Å². The van der Waals surface area contributed by atoms with Crippen molar-refractivity contribution in [3.8, 4) is 17.0 Å². The summed E-state index contributed by atoms with van der Waals surface area (Å²) >= 11 is 0. The summed E-state index contributed by atoms with van der Waals surface area (Å²) in [5.41, 5.74) is 1.29. The third-order valence-corrected chi connectivity index (χ3v) is 6.90. The third-order valence-electron chi connectivity index (χ3n) is 5.20. The molecule has 1 aromatic heterocycles. The molecule has 9 heteroatoms. The van der Waals surface area contributed by atoms with Crippen LogP contribution in [-0.4, -0.2) is 83.2 Å². The molecular formula is C17H20N4O4S. The largest absolute Gasteiger partial charge is 0.507 e. The van der Waals surface area contributed by atoms with E-state index in [1.54, 1.807) is 35.2 Å². The molecule has 138 valence electrons. The molecule has 2 fully saturated rings. The number of aromatic nitrogens is 2. The normalized spacial score (nSPS) is 25.2. The number of sulfone groups is 1. The number of carbonyl (C=O) groups excluding carboxylic acids is 1. The number of phenolic OH excluding ortho intramolecular Hbond substituents is 1. The Kier molecular flexibility index (Phi) is 4.00. The number of phenols is 1. The Bertz CT molecular complexity index is 955. The van der Waals surface area contributed by atoms with Crippen LogP contribution in [0.5, 0.6) is 5.75 Å². The monoisotopic (exact) mass is 376 g/mol. The third kappa shape index (κ3) is 2.86. The Morgan fingerprint density at radius 2 is 1.96 bits per heavy atom. The van der Waals surface area contributed by atoms with Crippen molar-refractivity contribution in [2.45, 2.75) is 12.1 Å². The smallest absolute Gasteiger partial charge is 0.272 e. The quantitative estimate of drug-likeness (QED) is 0.783. The number of aromatic hydroxyl groups is 1. The molecule has 2 aliphatic heterocycles. The van der Waals surface area contributed by atoms with Gasteiger partial charge in [0, 0.05) is 24.7 Å². The second kappa shape index (κ2) is 6.10. The zero-order chi connectivity index (χ0) is 18.5. The Morgan fingerprint density at radius 1 is 1.23 bits per heavy atom. The van der Waals surface area contributed by atoms with Crippen LogP contribution in [0.1, 0.15) is 10.5 Å². The van der Waals surface area contributed by atoms with Gasteiger partial charge in [-0.25, -0.2) is 8.42 Å². The van der Waals surface area contributed by atoms with Gasteiger partial charge in [0.1, 0.15) is 11.4 Å². The van der Waals surface area contributed by atoms with E-state index in [1.807, 2.05) is 11.9 Å².